The number of fused-ring (bicyclic) bond motifs is 1. The lowest BCUT2D eigenvalue weighted by molar-refractivity contribution is -0.124. The molecule has 1 unspecified atom stereocenters. The molecular formula is C21H23N3O5. The predicted molar refractivity (Wildman–Crippen MR) is 110 cm³/mol. The van der Waals surface area contributed by atoms with Gasteiger partial charge in [-0.05, 0) is 44.0 Å². The Morgan fingerprint density at radius 3 is 2.31 bits per heavy atom. The first kappa shape index (κ1) is 20.2. The third-order valence-corrected chi connectivity index (χ3v) is 4.63. The van der Waals surface area contributed by atoms with Gasteiger partial charge in [0.1, 0.15) is 28.5 Å². The van der Waals surface area contributed by atoms with Gasteiger partial charge in [-0.3, -0.25) is 9.59 Å². The van der Waals surface area contributed by atoms with Crippen LogP contribution in [0.5, 0.6) is 17.2 Å². The number of nitrogens with one attached hydrogen (secondary N) is 1. The number of methoxy groups -OCH3 is 2. The highest BCUT2D eigenvalue weighted by molar-refractivity contribution is 5.87. The zero-order chi connectivity index (χ0) is 21.3. The van der Waals surface area contributed by atoms with Gasteiger partial charge in [-0.1, -0.05) is 0 Å². The summed E-state index contributed by atoms with van der Waals surface area (Å²) in [6.45, 7) is 5.30. The van der Waals surface area contributed by atoms with E-state index < -0.39 is 12.0 Å². The summed E-state index contributed by atoms with van der Waals surface area (Å²) in [4.78, 5) is 31.4. The third-order valence-electron chi connectivity index (χ3n) is 4.63. The van der Waals surface area contributed by atoms with Crippen molar-refractivity contribution in [1.82, 2.24) is 9.97 Å². The number of ether oxygens (including phenoxy) is 3. The molecule has 8 nitrogen and oxygen atoms in total. The number of rotatable bonds is 6. The molecule has 3 N–H and O–H groups in total. The Hall–Kier alpha value is -3.55. The van der Waals surface area contributed by atoms with Crippen LogP contribution in [0.25, 0.3) is 22.3 Å². The molecule has 152 valence electrons. The highest BCUT2D eigenvalue weighted by Crippen LogP contribution is 2.32. The molecule has 0 spiro atoms. The molecule has 2 aromatic carbocycles. The second-order valence-corrected chi connectivity index (χ2v) is 6.74. The van der Waals surface area contributed by atoms with Crippen molar-refractivity contribution >= 4 is 16.8 Å². The third kappa shape index (κ3) is 3.87. The SMILES string of the molecule is COc1cc(OC)c2c(=O)[nH]c(-c3cc(C)c(OC(C)C(N)=O)c(C)c3)nc2c1. The van der Waals surface area contributed by atoms with Crippen LogP contribution in [-0.2, 0) is 4.79 Å². The molecule has 0 bridgehead atoms. The van der Waals surface area contributed by atoms with E-state index in [0.717, 1.165) is 11.1 Å². The van der Waals surface area contributed by atoms with Crippen LogP contribution in [-0.4, -0.2) is 36.2 Å². The topological polar surface area (TPSA) is 117 Å². The first-order chi connectivity index (χ1) is 13.7. The molecular weight excluding hydrogens is 374 g/mol. The zero-order valence-electron chi connectivity index (χ0n) is 17.0. The van der Waals surface area contributed by atoms with E-state index in [4.69, 9.17) is 19.9 Å². The number of aromatic nitrogens is 2. The van der Waals surface area contributed by atoms with Crippen molar-refractivity contribution in [2.45, 2.75) is 26.9 Å². The average Bonchev–Trinajstić information content (AvgIpc) is 2.68. The molecule has 0 saturated heterocycles. The van der Waals surface area contributed by atoms with Gasteiger partial charge in [0.05, 0.1) is 19.7 Å². The summed E-state index contributed by atoms with van der Waals surface area (Å²) in [5, 5.41) is 0.348. The van der Waals surface area contributed by atoms with Gasteiger partial charge in [0.25, 0.3) is 11.5 Å². The lowest BCUT2D eigenvalue weighted by Gasteiger charge is -2.17. The summed E-state index contributed by atoms with van der Waals surface area (Å²) < 4.78 is 16.3. The number of hydrogen-bond acceptors (Lipinski definition) is 6. The Bertz CT molecular complexity index is 1130. The van der Waals surface area contributed by atoms with E-state index >= 15 is 0 Å². The second kappa shape index (κ2) is 7.83. The molecule has 1 atom stereocenters. The molecule has 8 heteroatoms. The number of primary amides is 1. The molecule has 0 fully saturated rings. The number of aryl methyl sites for hydroxylation is 2. The molecule has 1 aromatic heterocycles. The largest absolute Gasteiger partial charge is 0.497 e. The minimum atomic E-state index is -0.753. The van der Waals surface area contributed by atoms with E-state index in [9.17, 15) is 9.59 Å². The predicted octanol–water partition coefficient (Wildman–Crippen LogP) is 2.48. The van der Waals surface area contributed by atoms with Crippen molar-refractivity contribution in [1.29, 1.82) is 0 Å². The maximum atomic E-state index is 12.7. The van der Waals surface area contributed by atoms with Crippen LogP contribution in [0.3, 0.4) is 0 Å². The summed E-state index contributed by atoms with van der Waals surface area (Å²) in [6.07, 6.45) is -0.753. The highest BCUT2D eigenvalue weighted by Gasteiger charge is 2.17. The number of benzene rings is 2. The van der Waals surface area contributed by atoms with Crippen molar-refractivity contribution in [2.24, 2.45) is 5.73 Å². The van der Waals surface area contributed by atoms with Gasteiger partial charge < -0.3 is 24.9 Å². The summed E-state index contributed by atoms with van der Waals surface area (Å²) in [7, 11) is 3.02. The van der Waals surface area contributed by atoms with E-state index in [-0.39, 0.29) is 5.56 Å². The van der Waals surface area contributed by atoms with Crippen molar-refractivity contribution in [3.05, 3.63) is 45.7 Å². The van der Waals surface area contributed by atoms with Crippen molar-refractivity contribution in [2.75, 3.05) is 14.2 Å². The van der Waals surface area contributed by atoms with E-state index in [1.165, 1.54) is 14.2 Å². The quantitative estimate of drug-likeness (QED) is 0.660. The van der Waals surface area contributed by atoms with Gasteiger partial charge in [0, 0.05) is 17.7 Å². The Morgan fingerprint density at radius 1 is 1.10 bits per heavy atom. The Balaban J connectivity index is 2.13. The van der Waals surface area contributed by atoms with Gasteiger partial charge in [0.2, 0.25) is 0 Å². The highest BCUT2D eigenvalue weighted by atomic mass is 16.5. The summed E-state index contributed by atoms with van der Waals surface area (Å²) >= 11 is 0. The van der Waals surface area contributed by atoms with Gasteiger partial charge >= 0.3 is 0 Å². The molecule has 0 saturated carbocycles. The smallest absolute Gasteiger partial charge is 0.262 e. The number of hydrogen-bond donors (Lipinski definition) is 2. The number of H-pyrrole nitrogens is 1. The Labute approximate surface area is 167 Å². The van der Waals surface area contributed by atoms with E-state index in [1.807, 2.05) is 26.0 Å². The molecule has 0 radical (unpaired) electrons. The number of amides is 1. The van der Waals surface area contributed by atoms with Crippen molar-refractivity contribution in [3.63, 3.8) is 0 Å². The molecule has 1 amide bonds. The number of nitrogens with zero attached hydrogens (tertiary/aromatic N) is 1. The van der Waals surface area contributed by atoms with Crippen molar-refractivity contribution < 1.29 is 19.0 Å². The number of aromatic amines is 1. The van der Waals surface area contributed by atoms with Crippen LogP contribution < -0.4 is 25.5 Å². The molecule has 0 aliphatic carbocycles. The van der Waals surface area contributed by atoms with Gasteiger partial charge in [-0.15, -0.1) is 0 Å². The van der Waals surface area contributed by atoms with E-state index in [2.05, 4.69) is 9.97 Å². The first-order valence-electron chi connectivity index (χ1n) is 8.98. The van der Waals surface area contributed by atoms with E-state index in [1.54, 1.807) is 19.1 Å². The van der Waals surface area contributed by atoms with Crippen LogP contribution in [0.1, 0.15) is 18.1 Å². The first-order valence-corrected chi connectivity index (χ1v) is 8.98. The van der Waals surface area contributed by atoms with Crippen LogP contribution in [0.4, 0.5) is 0 Å². The molecule has 0 aliphatic rings. The van der Waals surface area contributed by atoms with Crippen LogP contribution in [0, 0.1) is 13.8 Å². The zero-order valence-corrected chi connectivity index (χ0v) is 17.0. The maximum absolute atomic E-state index is 12.7. The minimum Gasteiger partial charge on any atom is -0.497 e. The van der Waals surface area contributed by atoms with Crippen LogP contribution >= 0.6 is 0 Å². The van der Waals surface area contributed by atoms with Gasteiger partial charge in [-0.25, -0.2) is 4.98 Å². The van der Waals surface area contributed by atoms with Gasteiger partial charge in [-0.2, -0.15) is 0 Å². The van der Waals surface area contributed by atoms with Gasteiger partial charge in [0.15, 0.2) is 6.10 Å². The molecule has 0 aliphatic heterocycles. The fraction of sp³-hybridized carbons (Fsp3) is 0.286. The Kier molecular flexibility index (Phi) is 5.45. The molecule has 1 heterocycles. The lowest BCUT2D eigenvalue weighted by Crippen LogP contribution is -2.31. The minimum absolute atomic E-state index is 0.317. The normalized spacial score (nSPS) is 11.9. The van der Waals surface area contributed by atoms with Crippen LogP contribution in [0.15, 0.2) is 29.1 Å². The fourth-order valence-corrected chi connectivity index (χ4v) is 3.13. The number of carbonyl (C=O) groups excluding carboxylic acids is 1. The number of nitrogens with two attached hydrogens (primary N) is 1. The maximum Gasteiger partial charge on any atom is 0.262 e. The standard InChI is InChI=1S/C21H23N3O5/c1-10-6-13(7-11(2)18(10)29-12(3)19(22)25)20-23-15-8-14(27-4)9-16(28-5)17(15)21(26)24-20/h6-9,12H,1-5H3,(H2,22,25)(H,23,24,26). The monoisotopic (exact) mass is 397 g/mol. The lowest BCUT2D eigenvalue weighted by atomic mass is 10.0. The van der Waals surface area contributed by atoms with Crippen LogP contribution in [0.2, 0.25) is 0 Å². The summed E-state index contributed by atoms with van der Waals surface area (Å²) in [6, 6.07) is 6.98. The average molecular weight is 397 g/mol. The van der Waals surface area contributed by atoms with Crippen molar-refractivity contribution in [3.8, 4) is 28.6 Å². The second-order valence-electron chi connectivity index (χ2n) is 6.74. The fourth-order valence-electron chi connectivity index (χ4n) is 3.13. The van der Waals surface area contributed by atoms with E-state index in [0.29, 0.717) is 39.5 Å². The molecule has 3 aromatic rings. The molecule has 3 rings (SSSR count). The number of carbonyl (C=O) groups is 1. The summed E-state index contributed by atoms with van der Waals surface area (Å²) in [5.41, 5.74) is 7.72. The molecule has 29 heavy (non-hydrogen) atoms. The summed E-state index contributed by atoms with van der Waals surface area (Å²) in [5.74, 6) is 1.35. The Morgan fingerprint density at radius 2 is 1.76 bits per heavy atom.